The number of amides is 1. The molecule has 1 aliphatic rings. The van der Waals surface area contributed by atoms with Gasteiger partial charge in [-0.25, -0.2) is 17.6 Å². The van der Waals surface area contributed by atoms with Crippen LogP contribution in [0, 0.1) is 5.82 Å². The quantitative estimate of drug-likeness (QED) is 0.526. The average molecular weight is 496 g/mol. The Kier molecular flexibility index (Phi) is 6.42. The Morgan fingerprint density at radius 3 is 2.91 bits per heavy atom. The highest BCUT2D eigenvalue weighted by Gasteiger charge is 2.38. The summed E-state index contributed by atoms with van der Waals surface area (Å²) in [6.45, 7) is 2.81. The normalized spacial score (nSPS) is 23.9. The van der Waals surface area contributed by atoms with Gasteiger partial charge in [0.2, 0.25) is 5.91 Å². The van der Waals surface area contributed by atoms with E-state index in [0.29, 0.717) is 12.1 Å². The van der Waals surface area contributed by atoms with Gasteiger partial charge in [0.1, 0.15) is 11.9 Å². The highest BCUT2D eigenvalue weighted by molar-refractivity contribution is 7.96. The summed E-state index contributed by atoms with van der Waals surface area (Å²) < 4.78 is 33.0. The largest absolute Gasteiger partial charge is 0.325 e. The van der Waals surface area contributed by atoms with E-state index in [0.717, 1.165) is 22.5 Å². The lowest BCUT2D eigenvalue weighted by Crippen LogP contribution is -2.55. The maximum atomic E-state index is 13.4. The van der Waals surface area contributed by atoms with E-state index in [1.54, 1.807) is 7.05 Å². The molecule has 32 heavy (non-hydrogen) atoms. The lowest BCUT2D eigenvalue weighted by atomic mass is 10.0. The van der Waals surface area contributed by atoms with Crippen LogP contribution in [0.4, 0.5) is 10.1 Å². The molecular weight excluding hydrogens is 473 g/mol. The molecule has 11 heteroatoms. The zero-order valence-electron chi connectivity index (χ0n) is 17.5. The number of hydrogen-bond acceptors (Lipinski definition) is 4. The van der Waals surface area contributed by atoms with Gasteiger partial charge in [-0.3, -0.25) is 9.48 Å². The van der Waals surface area contributed by atoms with Crippen molar-refractivity contribution < 1.29 is 13.4 Å². The Morgan fingerprint density at radius 1 is 1.44 bits per heavy atom. The van der Waals surface area contributed by atoms with Crippen LogP contribution in [-0.4, -0.2) is 43.2 Å². The fraction of sp³-hybridized carbons (Fsp3) is 0.286. The van der Waals surface area contributed by atoms with Crippen LogP contribution < -0.4 is 10.0 Å². The highest BCUT2D eigenvalue weighted by Crippen LogP contribution is 2.35. The Bertz CT molecular complexity index is 1260. The van der Waals surface area contributed by atoms with Crippen molar-refractivity contribution in [1.82, 2.24) is 18.8 Å². The highest BCUT2D eigenvalue weighted by atomic mass is 35.5. The first-order chi connectivity index (χ1) is 15.2. The minimum absolute atomic E-state index is 0.0854. The molecule has 3 unspecified atom stereocenters. The monoisotopic (exact) mass is 495 g/mol. The van der Waals surface area contributed by atoms with E-state index in [-0.39, 0.29) is 17.0 Å². The molecule has 1 saturated heterocycles. The number of likely N-dealkylation sites (N-methyl/N-ethyl adjacent to an activating group) is 1. The van der Waals surface area contributed by atoms with Gasteiger partial charge in [-0.05, 0) is 54.4 Å². The maximum Gasteiger partial charge on any atom is 0.242 e. The molecule has 2 aromatic heterocycles. The number of carbonyl (C=O) groups is 1. The van der Waals surface area contributed by atoms with E-state index in [4.69, 9.17) is 11.6 Å². The molecule has 7 nitrogen and oxygen atoms in total. The van der Waals surface area contributed by atoms with Crippen molar-refractivity contribution >= 4 is 50.3 Å². The molecule has 170 valence electrons. The lowest BCUT2D eigenvalue weighted by molar-refractivity contribution is -0.120. The van der Waals surface area contributed by atoms with Gasteiger partial charge in [0.05, 0.1) is 27.2 Å². The smallest absolute Gasteiger partial charge is 0.242 e. The van der Waals surface area contributed by atoms with Crippen molar-refractivity contribution in [2.45, 2.75) is 32.0 Å². The summed E-state index contributed by atoms with van der Waals surface area (Å²) >= 11 is 7.35. The summed E-state index contributed by atoms with van der Waals surface area (Å²) in [7, 11) is -1.29. The summed E-state index contributed by atoms with van der Waals surface area (Å²) in [4.78, 5) is 14.0. The molecule has 2 N–H and O–H groups in total. The molecule has 3 atom stereocenters. The number of anilines is 1. The second-order valence-electron chi connectivity index (χ2n) is 7.55. The Morgan fingerprint density at radius 2 is 2.22 bits per heavy atom. The first kappa shape index (κ1) is 22.9. The van der Waals surface area contributed by atoms with Crippen molar-refractivity contribution in [2.24, 2.45) is 0 Å². The van der Waals surface area contributed by atoms with Crippen LogP contribution in [-0.2, 0) is 21.2 Å². The van der Waals surface area contributed by atoms with E-state index in [1.165, 1.54) is 33.8 Å². The third-order valence-electron chi connectivity index (χ3n) is 5.43. The summed E-state index contributed by atoms with van der Waals surface area (Å²) in [5.74, 6) is 2.89. The van der Waals surface area contributed by atoms with E-state index in [1.807, 2.05) is 35.4 Å². The van der Waals surface area contributed by atoms with Gasteiger partial charge < -0.3 is 5.32 Å². The fourth-order valence-corrected chi connectivity index (χ4v) is 6.21. The third-order valence-corrected chi connectivity index (χ3v) is 8.61. The second kappa shape index (κ2) is 8.95. The van der Waals surface area contributed by atoms with Gasteiger partial charge >= 0.3 is 0 Å². The standard InChI is InChI=1S/C21H23ClFN5O2S2/c1-4-28-11-14(10-24-28)13-7-20(31-12-13)18-9-19(27(2)32(3,30)26-18)21(29)25-15-5-6-17(23)16(22)8-15/h5-8,10-12,18-19H,3-4,9H2,1-2H3,(H,25,29)(H,26,30). The molecular formula is C21H23ClFN5O2S2. The first-order valence-electron chi connectivity index (χ1n) is 9.92. The van der Waals surface area contributed by atoms with Crippen LogP contribution in [0.2, 0.25) is 5.02 Å². The minimum atomic E-state index is -2.89. The molecule has 4 rings (SSSR count). The van der Waals surface area contributed by atoms with Gasteiger partial charge in [0.25, 0.3) is 0 Å². The van der Waals surface area contributed by atoms with Crippen LogP contribution in [0.3, 0.4) is 0 Å². The molecule has 0 saturated carbocycles. The van der Waals surface area contributed by atoms with E-state index >= 15 is 0 Å². The third kappa shape index (κ3) is 4.60. The number of thiophene rings is 1. The van der Waals surface area contributed by atoms with Crippen molar-refractivity contribution in [3.8, 4) is 11.1 Å². The molecule has 3 aromatic rings. The average Bonchev–Trinajstić information content (AvgIpc) is 3.42. The zero-order valence-corrected chi connectivity index (χ0v) is 19.9. The van der Waals surface area contributed by atoms with Gasteiger partial charge in [0, 0.05) is 35.9 Å². The number of halogens is 2. The summed E-state index contributed by atoms with van der Waals surface area (Å²) in [5, 5.41) is 8.98. The number of nitrogens with one attached hydrogen (secondary N) is 2. The maximum absolute atomic E-state index is 13.4. The molecule has 1 fully saturated rings. The van der Waals surface area contributed by atoms with E-state index in [9.17, 15) is 13.4 Å². The van der Waals surface area contributed by atoms with E-state index < -0.39 is 21.8 Å². The van der Waals surface area contributed by atoms with Crippen molar-refractivity contribution in [3.63, 3.8) is 0 Å². The van der Waals surface area contributed by atoms with Crippen LogP contribution in [0.5, 0.6) is 0 Å². The Balaban J connectivity index is 1.56. The van der Waals surface area contributed by atoms with Crippen molar-refractivity contribution in [1.29, 1.82) is 0 Å². The van der Waals surface area contributed by atoms with Gasteiger partial charge in [-0.15, -0.1) is 11.3 Å². The number of rotatable bonds is 5. The lowest BCUT2D eigenvalue weighted by Gasteiger charge is -2.39. The molecule has 1 aromatic carbocycles. The molecule has 1 amide bonds. The van der Waals surface area contributed by atoms with Crippen LogP contribution in [0.1, 0.15) is 24.3 Å². The number of aryl methyl sites for hydroxylation is 1. The SMILES string of the molecule is C=S1(=O)NC(c2cc(-c3cnn(CC)c3)cs2)CC(C(=O)Nc2ccc(F)c(Cl)c2)N1C. The van der Waals surface area contributed by atoms with Crippen LogP contribution >= 0.6 is 22.9 Å². The first-order valence-corrected chi connectivity index (χ1v) is 12.9. The number of hydrogen-bond donors (Lipinski definition) is 2. The Labute approximate surface area is 195 Å². The molecule has 0 radical (unpaired) electrons. The minimum Gasteiger partial charge on any atom is -0.325 e. The van der Waals surface area contributed by atoms with Gasteiger partial charge in [-0.1, -0.05) is 11.6 Å². The van der Waals surface area contributed by atoms with Crippen LogP contribution in [0.25, 0.3) is 11.1 Å². The summed E-state index contributed by atoms with van der Waals surface area (Å²) in [6.07, 6.45) is 4.17. The molecule has 0 spiro atoms. The van der Waals surface area contributed by atoms with Gasteiger partial charge in [0.15, 0.2) is 0 Å². The van der Waals surface area contributed by atoms with Crippen molar-refractivity contribution in [2.75, 3.05) is 12.4 Å². The second-order valence-corrected chi connectivity index (χ2v) is 11.0. The van der Waals surface area contributed by atoms with Gasteiger partial charge in [-0.2, -0.15) is 5.10 Å². The number of benzene rings is 1. The topological polar surface area (TPSA) is 79.3 Å². The molecule has 1 aliphatic heterocycles. The predicted molar refractivity (Wildman–Crippen MR) is 129 cm³/mol. The summed E-state index contributed by atoms with van der Waals surface area (Å²) in [6, 6.07) is 4.96. The van der Waals surface area contributed by atoms with E-state index in [2.05, 4.69) is 21.0 Å². The number of carbonyl (C=O) groups excluding carboxylic acids is 1. The Hall–Kier alpha value is -2.24. The molecule has 0 aliphatic carbocycles. The zero-order chi connectivity index (χ0) is 23.0. The van der Waals surface area contributed by atoms with Crippen LogP contribution in [0.15, 0.2) is 42.0 Å². The van der Waals surface area contributed by atoms with Crippen molar-refractivity contribution in [3.05, 3.63) is 57.8 Å². The summed E-state index contributed by atoms with van der Waals surface area (Å²) in [5.41, 5.74) is 2.38. The number of aromatic nitrogens is 2. The fourth-order valence-electron chi connectivity index (χ4n) is 3.55. The molecule has 3 heterocycles. The predicted octanol–water partition coefficient (Wildman–Crippen LogP) is 3.94. The molecule has 0 bridgehead atoms. The number of nitrogens with zero attached hydrogens (tertiary/aromatic N) is 3.